The molecule has 0 unspecified atom stereocenters. The van der Waals surface area contributed by atoms with E-state index < -0.39 is 6.04 Å². The molecule has 0 bridgehead atoms. The number of rotatable bonds is 5. The van der Waals surface area contributed by atoms with E-state index in [0.717, 1.165) is 24.2 Å². The van der Waals surface area contributed by atoms with Crippen molar-refractivity contribution in [2.24, 2.45) is 5.73 Å². The van der Waals surface area contributed by atoms with Gasteiger partial charge in [0.25, 0.3) is 0 Å². The van der Waals surface area contributed by atoms with E-state index in [-0.39, 0.29) is 17.6 Å². The maximum atomic E-state index is 12.8. The summed E-state index contributed by atoms with van der Waals surface area (Å²) in [6.07, 6.45) is 1.70. The van der Waals surface area contributed by atoms with Crippen LogP contribution >= 0.6 is 0 Å². The van der Waals surface area contributed by atoms with Crippen molar-refractivity contribution in [3.05, 3.63) is 35.4 Å². The second-order valence-corrected chi connectivity index (χ2v) is 6.13. The minimum Gasteiger partial charge on any atom is -0.373 e. The molecule has 0 saturated heterocycles. The fraction of sp³-hybridized carbons (Fsp3) is 0.353. The number of hydrogen-bond donors (Lipinski definition) is 3. The minimum atomic E-state index is -1.46. The number of carbonyl (C=O) groups excluding carboxylic acids is 1. The summed E-state index contributed by atoms with van der Waals surface area (Å²) in [4.78, 5) is 10.8. The van der Waals surface area contributed by atoms with Crippen molar-refractivity contribution in [3.8, 4) is 11.3 Å². The molecule has 126 valence electrons. The van der Waals surface area contributed by atoms with Gasteiger partial charge in [-0.25, -0.2) is 4.68 Å². The molecule has 6 nitrogen and oxygen atoms in total. The van der Waals surface area contributed by atoms with Gasteiger partial charge in [0.15, 0.2) is 0 Å². The lowest BCUT2D eigenvalue weighted by molar-refractivity contribution is 0.0836. The Balaban J connectivity index is 2.09. The number of hydrogen-bond acceptors (Lipinski definition) is 5. The minimum absolute atomic E-state index is 0.00474. The Bertz CT molecular complexity index is 790. The van der Waals surface area contributed by atoms with E-state index in [2.05, 4.69) is 10.4 Å². The molecule has 0 atom stereocenters. The Morgan fingerprint density at radius 2 is 2.00 bits per heavy atom. The summed E-state index contributed by atoms with van der Waals surface area (Å²) < 4.78 is 14.7. The SMILES string of the molecule is CNc1c(C(C)=N)c(-c2ccc(C(=O)F)cc2)nn1C1CC(N)C1. The molecule has 1 aromatic carbocycles. The number of nitrogens with two attached hydrogens (primary N) is 1. The Kier molecular flexibility index (Phi) is 4.19. The molecule has 4 N–H and O–H groups in total. The smallest absolute Gasteiger partial charge is 0.332 e. The molecule has 1 heterocycles. The quantitative estimate of drug-likeness (QED) is 0.580. The highest BCUT2D eigenvalue weighted by Gasteiger charge is 2.32. The van der Waals surface area contributed by atoms with E-state index in [1.165, 1.54) is 12.1 Å². The second kappa shape index (κ2) is 6.16. The Morgan fingerprint density at radius 3 is 2.46 bits per heavy atom. The highest BCUT2D eigenvalue weighted by Crippen LogP contribution is 2.37. The van der Waals surface area contributed by atoms with Crippen LogP contribution in [-0.4, -0.2) is 34.6 Å². The Hall–Kier alpha value is -2.54. The normalized spacial score (nSPS) is 19.7. The van der Waals surface area contributed by atoms with Crippen molar-refractivity contribution >= 4 is 17.6 Å². The monoisotopic (exact) mass is 329 g/mol. The van der Waals surface area contributed by atoms with Crippen molar-refractivity contribution in [1.82, 2.24) is 9.78 Å². The van der Waals surface area contributed by atoms with E-state index in [1.54, 1.807) is 26.1 Å². The molecule has 1 fully saturated rings. The summed E-state index contributed by atoms with van der Waals surface area (Å²) in [6, 6.07) is 5.09. The average molecular weight is 329 g/mol. The van der Waals surface area contributed by atoms with Gasteiger partial charge in [-0.1, -0.05) is 12.1 Å². The fourth-order valence-corrected chi connectivity index (χ4v) is 3.08. The van der Waals surface area contributed by atoms with Crippen LogP contribution in [-0.2, 0) is 0 Å². The van der Waals surface area contributed by atoms with Gasteiger partial charge in [-0.15, -0.1) is 0 Å². The third-order valence-corrected chi connectivity index (χ3v) is 4.40. The van der Waals surface area contributed by atoms with Gasteiger partial charge in [0.1, 0.15) is 11.5 Å². The first-order chi connectivity index (χ1) is 11.4. The molecule has 1 aliphatic rings. The van der Waals surface area contributed by atoms with Crippen molar-refractivity contribution in [3.63, 3.8) is 0 Å². The maximum Gasteiger partial charge on any atom is 0.332 e. The van der Waals surface area contributed by atoms with Crippen LogP contribution in [0.1, 0.15) is 41.7 Å². The van der Waals surface area contributed by atoms with Crippen molar-refractivity contribution < 1.29 is 9.18 Å². The summed E-state index contributed by atoms with van der Waals surface area (Å²) in [5, 5.41) is 15.9. The van der Waals surface area contributed by atoms with Gasteiger partial charge < -0.3 is 16.5 Å². The molecule has 2 aromatic rings. The van der Waals surface area contributed by atoms with Crippen LogP contribution in [0.4, 0.5) is 10.2 Å². The molecule has 0 amide bonds. The van der Waals surface area contributed by atoms with Crippen molar-refractivity contribution in [2.45, 2.75) is 31.8 Å². The lowest BCUT2D eigenvalue weighted by atomic mass is 9.88. The maximum absolute atomic E-state index is 12.8. The molecule has 0 spiro atoms. The third kappa shape index (κ3) is 2.71. The molecule has 0 aliphatic heterocycles. The van der Waals surface area contributed by atoms with E-state index in [1.807, 2.05) is 4.68 Å². The van der Waals surface area contributed by atoms with Gasteiger partial charge in [0.05, 0.1) is 17.2 Å². The highest BCUT2D eigenvalue weighted by molar-refractivity contribution is 6.06. The first-order valence-electron chi connectivity index (χ1n) is 7.84. The van der Waals surface area contributed by atoms with Gasteiger partial charge in [0.2, 0.25) is 0 Å². The molecule has 24 heavy (non-hydrogen) atoms. The zero-order chi connectivity index (χ0) is 17.4. The van der Waals surface area contributed by atoms with Crippen molar-refractivity contribution in [2.75, 3.05) is 12.4 Å². The van der Waals surface area contributed by atoms with Crippen LogP contribution in [0.25, 0.3) is 11.3 Å². The zero-order valence-corrected chi connectivity index (χ0v) is 13.6. The van der Waals surface area contributed by atoms with Gasteiger partial charge >= 0.3 is 6.04 Å². The molecule has 1 aliphatic carbocycles. The predicted octanol–water partition coefficient (Wildman–Crippen LogP) is 2.75. The predicted molar refractivity (Wildman–Crippen MR) is 91.4 cm³/mol. The topological polar surface area (TPSA) is 96.8 Å². The summed E-state index contributed by atoms with van der Waals surface area (Å²) in [5.41, 5.74) is 8.36. The summed E-state index contributed by atoms with van der Waals surface area (Å²) in [6.45, 7) is 1.71. The molecule has 0 radical (unpaired) electrons. The molecular weight excluding hydrogens is 309 g/mol. The molecular formula is C17H20FN5O. The number of halogens is 1. The first kappa shape index (κ1) is 16.3. The van der Waals surface area contributed by atoms with Crippen molar-refractivity contribution in [1.29, 1.82) is 5.41 Å². The van der Waals surface area contributed by atoms with E-state index in [4.69, 9.17) is 11.1 Å². The molecule has 1 aromatic heterocycles. The Morgan fingerprint density at radius 1 is 1.38 bits per heavy atom. The third-order valence-electron chi connectivity index (χ3n) is 4.40. The van der Waals surface area contributed by atoms with Gasteiger partial charge in [0, 0.05) is 24.4 Å². The molecule has 3 rings (SSSR count). The number of benzene rings is 1. The average Bonchev–Trinajstić information content (AvgIpc) is 2.91. The highest BCUT2D eigenvalue weighted by atomic mass is 19.1. The molecule has 1 saturated carbocycles. The van der Waals surface area contributed by atoms with Gasteiger partial charge in [-0.2, -0.15) is 9.49 Å². The van der Waals surface area contributed by atoms with Crippen LogP contribution in [0.3, 0.4) is 0 Å². The number of nitrogens with zero attached hydrogens (tertiary/aromatic N) is 2. The Labute approximate surface area is 139 Å². The van der Waals surface area contributed by atoms with Crippen LogP contribution in [0.5, 0.6) is 0 Å². The fourth-order valence-electron chi connectivity index (χ4n) is 3.08. The van der Waals surface area contributed by atoms with Crippen LogP contribution in [0.2, 0.25) is 0 Å². The second-order valence-electron chi connectivity index (χ2n) is 6.13. The zero-order valence-electron chi connectivity index (χ0n) is 13.6. The van der Waals surface area contributed by atoms with E-state index in [9.17, 15) is 9.18 Å². The number of anilines is 1. The summed E-state index contributed by atoms with van der Waals surface area (Å²) in [5.74, 6) is 0.778. The van der Waals surface area contributed by atoms with Gasteiger partial charge in [-0.05, 0) is 31.9 Å². The first-order valence-corrected chi connectivity index (χ1v) is 7.84. The number of nitrogens with one attached hydrogen (secondary N) is 2. The largest absolute Gasteiger partial charge is 0.373 e. The van der Waals surface area contributed by atoms with Crippen LogP contribution < -0.4 is 11.1 Å². The van der Waals surface area contributed by atoms with E-state index in [0.29, 0.717) is 17.0 Å². The number of aromatic nitrogens is 2. The lowest BCUT2D eigenvalue weighted by Crippen LogP contribution is -2.38. The van der Waals surface area contributed by atoms with Gasteiger partial charge in [-0.3, -0.25) is 4.79 Å². The summed E-state index contributed by atoms with van der Waals surface area (Å²) in [7, 11) is 1.80. The molecule has 7 heteroatoms. The van der Waals surface area contributed by atoms with E-state index >= 15 is 0 Å². The standard InChI is InChI=1S/C17H20FN5O/c1-9(19)14-15(10-3-5-11(6-4-10)16(18)24)22-23(17(14)21-2)13-7-12(20)8-13/h3-6,12-13,19,21H,7-8,20H2,1-2H3. The summed E-state index contributed by atoms with van der Waals surface area (Å²) >= 11 is 0. The van der Waals surface area contributed by atoms with Crippen LogP contribution in [0, 0.1) is 5.41 Å². The lowest BCUT2D eigenvalue weighted by Gasteiger charge is -2.33. The number of carbonyl (C=O) groups is 1. The van der Waals surface area contributed by atoms with Crippen LogP contribution in [0.15, 0.2) is 24.3 Å².